The molecule has 0 aliphatic heterocycles. The van der Waals surface area contributed by atoms with Gasteiger partial charge in [-0.25, -0.2) is 13.1 Å². The Hall–Kier alpha value is -1.17. The van der Waals surface area contributed by atoms with Crippen molar-refractivity contribution in [2.45, 2.75) is 18.8 Å². The first-order valence-electron chi connectivity index (χ1n) is 7.48. The van der Waals surface area contributed by atoms with Crippen LogP contribution in [0, 0.1) is 0 Å². The molecular formula is C16H23IN4O2S2. The molecule has 25 heavy (non-hydrogen) atoms. The molecule has 0 unspecified atom stereocenters. The molecule has 1 heterocycles. The molecule has 1 aromatic carbocycles. The molecule has 0 fully saturated rings. The minimum Gasteiger partial charge on any atom is -0.352 e. The van der Waals surface area contributed by atoms with E-state index < -0.39 is 10.0 Å². The minimum atomic E-state index is -3.24. The van der Waals surface area contributed by atoms with Crippen molar-refractivity contribution in [3.63, 3.8) is 0 Å². The Morgan fingerprint density at radius 3 is 2.28 bits per heavy atom. The van der Waals surface area contributed by atoms with E-state index in [4.69, 9.17) is 0 Å². The zero-order valence-electron chi connectivity index (χ0n) is 14.2. The number of nitrogens with one attached hydrogen (secondary N) is 3. The van der Waals surface area contributed by atoms with Crippen molar-refractivity contribution in [3.8, 4) is 0 Å². The molecule has 2 rings (SSSR count). The van der Waals surface area contributed by atoms with Crippen molar-refractivity contribution >= 4 is 51.3 Å². The van der Waals surface area contributed by atoms with Crippen molar-refractivity contribution in [2.75, 3.05) is 14.1 Å². The highest BCUT2D eigenvalue weighted by Crippen LogP contribution is 2.08. The van der Waals surface area contributed by atoms with Crippen LogP contribution in [0.1, 0.15) is 16.0 Å². The standard InChI is InChI=1S/C16H22N4O2S2.HI/c1-17-16(20-11-15-4-3-9-23-15)19-10-13-5-7-14(8-6-13)12-24(21,22)18-2;/h3-9,18H,10-12H2,1-2H3,(H2,17,19,20);1H. The Bertz CT molecular complexity index is 760. The number of thiophene rings is 1. The fraction of sp³-hybridized carbons (Fsp3) is 0.312. The summed E-state index contributed by atoms with van der Waals surface area (Å²) < 4.78 is 25.4. The Balaban J connectivity index is 0.00000312. The lowest BCUT2D eigenvalue weighted by molar-refractivity contribution is 0.587. The summed E-state index contributed by atoms with van der Waals surface area (Å²) in [6.07, 6.45) is 0. The summed E-state index contributed by atoms with van der Waals surface area (Å²) in [7, 11) is -0.0870. The van der Waals surface area contributed by atoms with Gasteiger partial charge in [0.2, 0.25) is 10.0 Å². The van der Waals surface area contributed by atoms with E-state index >= 15 is 0 Å². The third-order valence-electron chi connectivity index (χ3n) is 3.38. The van der Waals surface area contributed by atoms with Gasteiger partial charge in [0.25, 0.3) is 0 Å². The monoisotopic (exact) mass is 494 g/mol. The Morgan fingerprint density at radius 2 is 1.72 bits per heavy atom. The molecule has 9 heteroatoms. The maximum Gasteiger partial charge on any atom is 0.215 e. The van der Waals surface area contributed by atoms with E-state index in [2.05, 4.69) is 26.4 Å². The number of sulfonamides is 1. The first-order valence-corrected chi connectivity index (χ1v) is 10.0. The maximum absolute atomic E-state index is 11.5. The zero-order chi connectivity index (χ0) is 17.4. The predicted molar refractivity (Wildman–Crippen MR) is 115 cm³/mol. The normalized spacial score (nSPS) is 11.7. The Labute approximate surface area is 170 Å². The molecule has 6 nitrogen and oxygen atoms in total. The average Bonchev–Trinajstić information content (AvgIpc) is 3.09. The summed E-state index contributed by atoms with van der Waals surface area (Å²) in [5, 5.41) is 8.54. The van der Waals surface area contributed by atoms with Crippen LogP contribution in [0.2, 0.25) is 0 Å². The number of guanidine groups is 1. The van der Waals surface area contributed by atoms with Crippen LogP contribution in [0.25, 0.3) is 0 Å². The van der Waals surface area contributed by atoms with E-state index in [0.29, 0.717) is 6.54 Å². The molecule has 0 bridgehead atoms. The van der Waals surface area contributed by atoms with E-state index in [9.17, 15) is 8.42 Å². The number of hydrogen-bond donors (Lipinski definition) is 3. The average molecular weight is 494 g/mol. The molecule has 0 saturated carbocycles. The van der Waals surface area contributed by atoms with Crippen molar-refractivity contribution < 1.29 is 8.42 Å². The van der Waals surface area contributed by atoms with Gasteiger partial charge >= 0.3 is 0 Å². The molecular weight excluding hydrogens is 471 g/mol. The van der Waals surface area contributed by atoms with Gasteiger partial charge in [-0.15, -0.1) is 35.3 Å². The van der Waals surface area contributed by atoms with Crippen LogP contribution in [0.5, 0.6) is 0 Å². The van der Waals surface area contributed by atoms with Crippen LogP contribution in [0.3, 0.4) is 0 Å². The summed E-state index contributed by atoms with van der Waals surface area (Å²) in [6, 6.07) is 11.6. The highest BCUT2D eigenvalue weighted by molar-refractivity contribution is 14.0. The topological polar surface area (TPSA) is 82.6 Å². The quantitative estimate of drug-likeness (QED) is 0.314. The van der Waals surface area contributed by atoms with Gasteiger partial charge in [-0.05, 0) is 29.6 Å². The van der Waals surface area contributed by atoms with Crippen LogP contribution in [-0.2, 0) is 28.9 Å². The zero-order valence-corrected chi connectivity index (χ0v) is 18.1. The minimum absolute atomic E-state index is 0. The predicted octanol–water partition coefficient (Wildman–Crippen LogP) is 2.28. The molecule has 0 aliphatic rings. The fourth-order valence-electron chi connectivity index (χ4n) is 2.04. The van der Waals surface area contributed by atoms with Gasteiger partial charge in [0.1, 0.15) is 0 Å². The molecule has 2 aromatic rings. The van der Waals surface area contributed by atoms with E-state index in [0.717, 1.165) is 23.6 Å². The van der Waals surface area contributed by atoms with E-state index in [1.54, 1.807) is 18.4 Å². The van der Waals surface area contributed by atoms with Crippen LogP contribution in [0.4, 0.5) is 0 Å². The molecule has 0 spiro atoms. The summed E-state index contributed by atoms with van der Waals surface area (Å²) in [5.41, 5.74) is 1.81. The lowest BCUT2D eigenvalue weighted by Gasteiger charge is -2.11. The maximum atomic E-state index is 11.5. The first kappa shape index (κ1) is 21.9. The molecule has 1 aromatic heterocycles. The number of hydrogen-bond acceptors (Lipinski definition) is 4. The Kier molecular flexibility index (Phi) is 9.39. The molecule has 3 N–H and O–H groups in total. The SMILES string of the molecule is CN=C(NCc1ccc(CS(=O)(=O)NC)cc1)NCc1cccs1.I. The summed E-state index contributed by atoms with van der Waals surface area (Å²) >= 11 is 1.70. The molecule has 0 saturated heterocycles. The van der Waals surface area contributed by atoms with Gasteiger partial charge in [-0.3, -0.25) is 4.99 Å². The highest BCUT2D eigenvalue weighted by atomic mass is 127. The smallest absolute Gasteiger partial charge is 0.215 e. The van der Waals surface area contributed by atoms with Crippen molar-refractivity contribution in [3.05, 3.63) is 57.8 Å². The number of halogens is 1. The van der Waals surface area contributed by atoms with Crippen LogP contribution >= 0.6 is 35.3 Å². The van der Waals surface area contributed by atoms with Gasteiger partial charge in [0, 0.05) is 18.5 Å². The van der Waals surface area contributed by atoms with Crippen LogP contribution in [0.15, 0.2) is 46.8 Å². The summed E-state index contributed by atoms with van der Waals surface area (Å²) in [5.74, 6) is 0.714. The van der Waals surface area contributed by atoms with Gasteiger partial charge in [-0.1, -0.05) is 30.3 Å². The van der Waals surface area contributed by atoms with E-state index in [-0.39, 0.29) is 29.7 Å². The number of nitrogens with zero attached hydrogens (tertiary/aromatic N) is 1. The van der Waals surface area contributed by atoms with Gasteiger partial charge in [-0.2, -0.15) is 0 Å². The second kappa shape index (κ2) is 10.7. The largest absolute Gasteiger partial charge is 0.352 e. The Morgan fingerprint density at radius 1 is 1.08 bits per heavy atom. The summed E-state index contributed by atoms with van der Waals surface area (Å²) in [4.78, 5) is 5.43. The van der Waals surface area contributed by atoms with Gasteiger partial charge < -0.3 is 10.6 Å². The van der Waals surface area contributed by atoms with Crippen LogP contribution in [-0.4, -0.2) is 28.5 Å². The number of benzene rings is 1. The van der Waals surface area contributed by atoms with E-state index in [1.165, 1.54) is 11.9 Å². The lowest BCUT2D eigenvalue weighted by Crippen LogP contribution is -2.36. The van der Waals surface area contributed by atoms with Crippen LogP contribution < -0.4 is 15.4 Å². The molecule has 0 atom stereocenters. The van der Waals surface area contributed by atoms with Crippen molar-refractivity contribution in [1.82, 2.24) is 15.4 Å². The van der Waals surface area contributed by atoms with E-state index in [1.807, 2.05) is 35.7 Å². The third-order valence-corrected chi connectivity index (χ3v) is 5.60. The molecule has 0 amide bonds. The van der Waals surface area contributed by atoms with Crippen molar-refractivity contribution in [2.24, 2.45) is 4.99 Å². The fourth-order valence-corrected chi connectivity index (χ4v) is 3.46. The second-order valence-corrected chi connectivity index (χ2v) is 8.10. The van der Waals surface area contributed by atoms with Crippen molar-refractivity contribution in [1.29, 1.82) is 0 Å². The van der Waals surface area contributed by atoms with Gasteiger partial charge in [0.15, 0.2) is 5.96 Å². The molecule has 138 valence electrons. The van der Waals surface area contributed by atoms with Gasteiger partial charge in [0.05, 0.1) is 12.3 Å². The lowest BCUT2D eigenvalue weighted by atomic mass is 10.1. The molecule has 0 radical (unpaired) electrons. The highest BCUT2D eigenvalue weighted by Gasteiger charge is 2.08. The number of rotatable bonds is 7. The molecule has 0 aliphatic carbocycles. The third kappa shape index (κ3) is 7.72. The number of aliphatic imine (C=N–C) groups is 1. The summed E-state index contributed by atoms with van der Waals surface area (Å²) in [6.45, 7) is 1.35. The first-order chi connectivity index (χ1) is 11.5. The second-order valence-electron chi connectivity index (χ2n) is 5.14.